The Labute approximate surface area is 200 Å². The number of amides is 1. The molecule has 1 aliphatic carbocycles. The molecule has 0 saturated heterocycles. The Morgan fingerprint density at radius 3 is 2.54 bits per heavy atom. The van der Waals surface area contributed by atoms with Gasteiger partial charge in [0.15, 0.2) is 5.52 Å². The van der Waals surface area contributed by atoms with Crippen LogP contribution in [-0.2, 0) is 6.54 Å². The number of carbonyl (C=O) groups excluding carboxylic acids is 1. The summed E-state index contributed by atoms with van der Waals surface area (Å²) in [5.41, 5.74) is 3.45. The summed E-state index contributed by atoms with van der Waals surface area (Å²) in [6, 6.07) is 14.6. The van der Waals surface area contributed by atoms with E-state index in [-0.39, 0.29) is 24.0 Å². The number of nitrogens with zero attached hydrogens (tertiary/aromatic N) is 3. The molecule has 4 aromatic rings. The second-order valence-corrected chi connectivity index (χ2v) is 8.26. The lowest BCUT2D eigenvalue weighted by Gasteiger charge is -2.11. The molecule has 178 valence electrons. The van der Waals surface area contributed by atoms with Gasteiger partial charge in [0.1, 0.15) is 11.6 Å². The van der Waals surface area contributed by atoms with Gasteiger partial charge < -0.3 is 15.4 Å². The third-order valence-corrected chi connectivity index (χ3v) is 5.60. The fraction of sp³-hybridized carbons (Fsp3) is 0.231. The Bertz CT molecular complexity index is 1390. The number of anilines is 1. The topological polar surface area (TPSA) is 89.0 Å². The highest BCUT2D eigenvalue weighted by Crippen LogP contribution is 2.27. The number of aromatic nitrogens is 3. The van der Waals surface area contributed by atoms with Crippen LogP contribution in [-0.4, -0.2) is 33.5 Å². The standard InChI is InChI=1S/C26H23F2N5O2/c1-2-35-25-23-22(32-26(33-25)29-14-17-7-8-18(27)13-20(17)28)12-11-21(31-23)15-3-5-16(6-4-15)24(34)30-19-9-10-19/h3-8,11-13,19H,2,9-10,14H2,1H3,(H,30,34)(H,29,32,33). The normalized spacial score (nSPS) is 13.0. The van der Waals surface area contributed by atoms with Crippen LogP contribution in [0.15, 0.2) is 54.6 Å². The minimum absolute atomic E-state index is 0.0712. The van der Waals surface area contributed by atoms with Crippen molar-refractivity contribution in [3.63, 3.8) is 0 Å². The first-order valence-electron chi connectivity index (χ1n) is 11.4. The molecule has 35 heavy (non-hydrogen) atoms. The number of rotatable bonds is 8. The number of ether oxygens (including phenoxy) is 1. The van der Waals surface area contributed by atoms with Crippen molar-refractivity contribution in [3.8, 4) is 17.1 Å². The van der Waals surface area contributed by atoms with Gasteiger partial charge in [0, 0.05) is 35.3 Å². The van der Waals surface area contributed by atoms with Crippen molar-refractivity contribution in [3.05, 3.63) is 77.4 Å². The van der Waals surface area contributed by atoms with Gasteiger partial charge in [-0.1, -0.05) is 18.2 Å². The molecule has 2 N–H and O–H groups in total. The van der Waals surface area contributed by atoms with Gasteiger partial charge in [0.25, 0.3) is 5.91 Å². The molecule has 1 fully saturated rings. The van der Waals surface area contributed by atoms with Crippen molar-refractivity contribution in [1.29, 1.82) is 0 Å². The lowest BCUT2D eigenvalue weighted by Crippen LogP contribution is -2.25. The Balaban J connectivity index is 1.39. The van der Waals surface area contributed by atoms with E-state index in [4.69, 9.17) is 9.72 Å². The van der Waals surface area contributed by atoms with Crippen molar-refractivity contribution in [2.45, 2.75) is 32.4 Å². The number of fused-ring (bicyclic) bond motifs is 1. The summed E-state index contributed by atoms with van der Waals surface area (Å²) in [4.78, 5) is 25.8. The van der Waals surface area contributed by atoms with Crippen LogP contribution in [0.2, 0.25) is 0 Å². The van der Waals surface area contributed by atoms with Crippen LogP contribution in [0.3, 0.4) is 0 Å². The Hall–Kier alpha value is -4.14. The lowest BCUT2D eigenvalue weighted by molar-refractivity contribution is 0.0951. The Morgan fingerprint density at radius 1 is 1.03 bits per heavy atom. The van der Waals surface area contributed by atoms with Gasteiger partial charge in [-0.05, 0) is 50.1 Å². The van der Waals surface area contributed by atoms with Gasteiger partial charge in [-0.2, -0.15) is 4.98 Å². The van der Waals surface area contributed by atoms with Crippen molar-refractivity contribution < 1.29 is 18.3 Å². The van der Waals surface area contributed by atoms with Crippen molar-refractivity contribution in [2.24, 2.45) is 0 Å². The maximum absolute atomic E-state index is 14.0. The summed E-state index contributed by atoms with van der Waals surface area (Å²) in [6.07, 6.45) is 2.07. The SMILES string of the molecule is CCOc1nc(NCc2ccc(F)cc2F)nc2ccc(-c3ccc(C(=O)NC4CC4)cc3)nc12. The molecule has 0 aliphatic heterocycles. The fourth-order valence-electron chi connectivity index (χ4n) is 3.59. The number of hydrogen-bond acceptors (Lipinski definition) is 6. The summed E-state index contributed by atoms with van der Waals surface area (Å²) in [5.74, 6) is -0.819. The van der Waals surface area contributed by atoms with Crippen LogP contribution in [0.5, 0.6) is 5.88 Å². The largest absolute Gasteiger partial charge is 0.476 e. The molecule has 2 heterocycles. The van der Waals surface area contributed by atoms with Crippen LogP contribution in [0, 0.1) is 11.6 Å². The molecule has 1 saturated carbocycles. The smallest absolute Gasteiger partial charge is 0.251 e. The highest BCUT2D eigenvalue weighted by atomic mass is 19.1. The maximum atomic E-state index is 14.0. The number of carbonyl (C=O) groups is 1. The van der Waals surface area contributed by atoms with E-state index in [2.05, 4.69) is 20.6 Å². The highest BCUT2D eigenvalue weighted by Gasteiger charge is 2.23. The summed E-state index contributed by atoms with van der Waals surface area (Å²) in [6.45, 7) is 2.29. The lowest BCUT2D eigenvalue weighted by atomic mass is 10.1. The number of nitrogens with one attached hydrogen (secondary N) is 2. The van der Waals surface area contributed by atoms with Gasteiger partial charge in [-0.15, -0.1) is 0 Å². The molecule has 1 amide bonds. The zero-order valence-corrected chi connectivity index (χ0v) is 19.0. The van der Waals surface area contributed by atoms with E-state index in [1.165, 1.54) is 12.1 Å². The van der Waals surface area contributed by atoms with E-state index in [0.29, 0.717) is 40.8 Å². The van der Waals surface area contributed by atoms with E-state index in [9.17, 15) is 13.6 Å². The minimum Gasteiger partial charge on any atom is -0.476 e. The molecule has 0 spiro atoms. The van der Waals surface area contributed by atoms with E-state index in [1.807, 2.05) is 25.1 Å². The van der Waals surface area contributed by atoms with E-state index < -0.39 is 11.6 Å². The first-order valence-corrected chi connectivity index (χ1v) is 11.4. The summed E-state index contributed by atoms with van der Waals surface area (Å²) >= 11 is 0. The molecular weight excluding hydrogens is 452 g/mol. The van der Waals surface area contributed by atoms with Gasteiger partial charge >= 0.3 is 0 Å². The van der Waals surface area contributed by atoms with Gasteiger partial charge in [-0.3, -0.25) is 4.79 Å². The molecule has 5 rings (SSSR count). The number of pyridine rings is 1. The van der Waals surface area contributed by atoms with Gasteiger partial charge in [0.05, 0.1) is 17.8 Å². The van der Waals surface area contributed by atoms with E-state index in [1.54, 1.807) is 18.2 Å². The second kappa shape index (κ2) is 9.61. The van der Waals surface area contributed by atoms with Crippen molar-refractivity contribution in [1.82, 2.24) is 20.3 Å². The molecule has 7 nitrogen and oxygen atoms in total. The quantitative estimate of drug-likeness (QED) is 0.378. The monoisotopic (exact) mass is 475 g/mol. The zero-order chi connectivity index (χ0) is 24.4. The van der Waals surface area contributed by atoms with Crippen LogP contribution in [0.1, 0.15) is 35.7 Å². The Kier molecular flexibility index (Phi) is 6.22. The van der Waals surface area contributed by atoms with E-state index >= 15 is 0 Å². The van der Waals surface area contributed by atoms with Crippen molar-refractivity contribution in [2.75, 3.05) is 11.9 Å². The zero-order valence-electron chi connectivity index (χ0n) is 19.0. The first kappa shape index (κ1) is 22.6. The van der Waals surface area contributed by atoms with Crippen molar-refractivity contribution >= 4 is 22.9 Å². The minimum atomic E-state index is -0.648. The molecule has 0 atom stereocenters. The molecule has 9 heteroatoms. The van der Waals surface area contributed by atoms with Crippen LogP contribution in [0.4, 0.5) is 14.7 Å². The molecular formula is C26H23F2N5O2. The first-order chi connectivity index (χ1) is 17.0. The maximum Gasteiger partial charge on any atom is 0.251 e. The average molecular weight is 475 g/mol. The number of hydrogen-bond donors (Lipinski definition) is 2. The highest BCUT2D eigenvalue weighted by molar-refractivity contribution is 5.95. The molecule has 2 aromatic carbocycles. The molecule has 2 aromatic heterocycles. The van der Waals surface area contributed by atoms with Crippen LogP contribution >= 0.6 is 0 Å². The van der Waals surface area contributed by atoms with Gasteiger partial charge in [-0.25, -0.2) is 18.7 Å². The third-order valence-electron chi connectivity index (χ3n) is 5.60. The summed E-state index contributed by atoms with van der Waals surface area (Å²) in [5, 5.41) is 5.94. The predicted molar refractivity (Wildman–Crippen MR) is 128 cm³/mol. The molecule has 0 unspecified atom stereocenters. The fourth-order valence-corrected chi connectivity index (χ4v) is 3.59. The number of benzene rings is 2. The van der Waals surface area contributed by atoms with Crippen LogP contribution < -0.4 is 15.4 Å². The second-order valence-electron chi connectivity index (χ2n) is 8.26. The van der Waals surface area contributed by atoms with Crippen LogP contribution in [0.25, 0.3) is 22.3 Å². The number of halogens is 2. The predicted octanol–water partition coefficient (Wildman–Crippen LogP) is 4.87. The summed E-state index contributed by atoms with van der Waals surface area (Å²) in [7, 11) is 0. The molecule has 0 bridgehead atoms. The molecule has 0 radical (unpaired) electrons. The van der Waals surface area contributed by atoms with Gasteiger partial charge in [0.2, 0.25) is 11.8 Å². The molecule has 1 aliphatic rings. The van der Waals surface area contributed by atoms with E-state index in [0.717, 1.165) is 24.5 Å². The Morgan fingerprint density at radius 2 is 1.83 bits per heavy atom. The average Bonchev–Trinajstić information content (AvgIpc) is 3.67. The third kappa shape index (κ3) is 5.18. The summed E-state index contributed by atoms with van der Waals surface area (Å²) < 4.78 is 32.8.